The molecule has 2 saturated heterocycles. The Morgan fingerprint density at radius 2 is 2.10 bits per heavy atom. The predicted molar refractivity (Wildman–Crippen MR) is 117 cm³/mol. The van der Waals surface area contributed by atoms with Crippen molar-refractivity contribution < 1.29 is 9.53 Å². The second-order valence-electron chi connectivity index (χ2n) is 9.24. The van der Waals surface area contributed by atoms with Gasteiger partial charge in [0.2, 0.25) is 5.91 Å². The van der Waals surface area contributed by atoms with Crippen molar-refractivity contribution in [1.82, 2.24) is 24.4 Å². The van der Waals surface area contributed by atoms with Gasteiger partial charge in [0.05, 0.1) is 11.3 Å². The summed E-state index contributed by atoms with van der Waals surface area (Å²) >= 11 is 0. The van der Waals surface area contributed by atoms with Gasteiger partial charge in [-0.15, -0.1) is 0 Å². The summed E-state index contributed by atoms with van der Waals surface area (Å²) in [6.07, 6.45) is 6.39. The zero-order valence-corrected chi connectivity index (χ0v) is 18.4. The van der Waals surface area contributed by atoms with Crippen molar-refractivity contribution in [3.05, 3.63) is 33.4 Å². The maximum absolute atomic E-state index is 13.3. The lowest BCUT2D eigenvalue weighted by Gasteiger charge is -2.36. The number of carbonyl (C=O) groups excluding carboxylic acids is 1. The van der Waals surface area contributed by atoms with E-state index in [1.165, 1.54) is 0 Å². The zero-order chi connectivity index (χ0) is 21.4. The average Bonchev–Trinajstić information content (AvgIpc) is 3.24. The Labute approximate surface area is 182 Å². The van der Waals surface area contributed by atoms with Crippen LogP contribution < -0.4 is 5.56 Å². The van der Waals surface area contributed by atoms with Gasteiger partial charge in [0.1, 0.15) is 0 Å². The molecule has 0 aromatic carbocycles. The number of aromatic amines is 1. The fourth-order valence-corrected chi connectivity index (χ4v) is 5.42. The topological polar surface area (TPSA) is 82.9 Å². The fraction of sp³-hybridized carbons (Fsp3) is 0.696. The highest BCUT2D eigenvalue weighted by Gasteiger charge is 2.30. The molecule has 2 aromatic heterocycles. The lowest BCUT2D eigenvalue weighted by molar-refractivity contribution is -0.132. The third-order valence-electron chi connectivity index (χ3n) is 7.20. The number of fused-ring (bicyclic) bond motifs is 2. The summed E-state index contributed by atoms with van der Waals surface area (Å²) in [6.45, 7) is 6.84. The lowest BCUT2D eigenvalue weighted by Crippen LogP contribution is -2.44. The average molecular weight is 428 g/mol. The molecule has 0 aliphatic carbocycles. The third kappa shape index (κ3) is 4.03. The van der Waals surface area contributed by atoms with Crippen LogP contribution in [0.25, 0.3) is 5.65 Å². The normalized spacial score (nSPS) is 23.3. The number of rotatable bonds is 4. The minimum absolute atomic E-state index is 0.0257. The molecular weight excluding hydrogens is 394 g/mol. The summed E-state index contributed by atoms with van der Waals surface area (Å²) in [5.41, 5.74) is 3.52. The number of aromatic nitrogens is 3. The molecule has 5 rings (SSSR count). The number of piperidine rings is 1. The van der Waals surface area contributed by atoms with Crippen LogP contribution >= 0.6 is 0 Å². The fourth-order valence-electron chi connectivity index (χ4n) is 5.42. The standard InChI is InChI=1S/C23H33N5O3/c1-2-4-22(29)27-9-3-5-16(14-27)20-13-21-24-19-6-10-26(17-7-11-31-12-8-17)15-18(19)23(30)28(21)25-20/h13,16-17,25H,2-12,14-15H2,1H3/t16-/m1/s1. The number of ether oxygens (including phenoxy) is 1. The van der Waals surface area contributed by atoms with Gasteiger partial charge in [-0.3, -0.25) is 19.6 Å². The Hall–Kier alpha value is -2.19. The number of hydrogen-bond donors (Lipinski definition) is 1. The molecule has 31 heavy (non-hydrogen) atoms. The molecule has 3 aliphatic heterocycles. The van der Waals surface area contributed by atoms with Crippen LogP contribution in [-0.2, 0) is 22.5 Å². The molecule has 8 nitrogen and oxygen atoms in total. The number of hydrogen-bond acceptors (Lipinski definition) is 5. The Morgan fingerprint density at radius 3 is 2.90 bits per heavy atom. The van der Waals surface area contributed by atoms with Crippen LogP contribution in [0.2, 0.25) is 0 Å². The molecule has 3 aliphatic rings. The maximum atomic E-state index is 13.3. The zero-order valence-electron chi connectivity index (χ0n) is 18.4. The van der Waals surface area contributed by atoms with E-state index in [-0.39, 0.29) is 17.4 Å². The highest BCUT2D eigenvalue weighted by atomic mass is 16.5. The minimum Gasteiger partial charge on any atom is -0.381 e. The highest BCUT2D eigenvalue weighted by Crippen LogP contribution is 2.28. The van der Waals surface area contributed by atoms with Gasteiger partial charge in [0, 0.05) is 76.0 Å². The number of H-pyrrole nitrogens is 1. The van der Waals surface area contributed by atoms with Crippen molar-refractivity contribution in [3.63, 3.8) is 0 Å². The molecule has 0 saturated carbocycles. The molecule has 0 bridgehead atoms. The van der Waals surface area contributed by atoms with Crippen molar-refractivity contribution in [2.75, 3.05) is 32.8 Å². The first-order valence-electron chi connectivity index (χ1n) is 11.9. The van der Waals surface area contributed by atoms with Crippen LogP contribution in [0, 0.1) is 0 Å². The van der Waals surface area contributed by atoms with E-state index in [1.807, 2.05) is 17.9 Å². The second kappa shape index (κ2) is 8.74. The largest absolute Gasteiger partial charge is 0.381 e. The molecule has 0 spiro atoms. The van der Waals surface area contributed by atoms with E-state index in [4.69, 9.17) is 9.72 Å². The van der Waals surface area contributed by atoms with Gasteiger partial charge in [-0.25, -0.2) is 9.50 Å². The molecule has 1 amide bonds. The molecule has 2 aromatic rings. The van der Waals surface area contributed by atoms with Gasteiger partial charge >= 0.3 is 0 Å². The monoisotopic (exact) mass is 427 g/mol. The van der Waals surface area contributed by atoms with Gasteiger partial charge in [0.25, 0.3) is 5.56 Å². The Kier molecular flexibility index (Phi) is 5.84. The van der Waals surface area contributed by atoms with Gasteiger partial charge < -0.3 is 9.64 Å². The van der Waals surface area contributed by atoms with Crippen LogP contribution in [-0.4, -0.2) is 69.2 Å². The Morgan fingerprint density at radius 1 is 1.26 bits per heavy atom. The first-order valence-corrected chi connectivity index (χ1v) is 11.9. The molecule has 2 fully saturated rings. The highest BCUT2D eigenvalue weighted by molar-refractivity contribution is 5.76. The van der Waals surface area contributed by atoms with Crippen LogP contribution in [0.15, 0.2) is 10.9 Å². The number of carbonyl (C=O) groups is 1. The number of amides is 1. The van der Waals surface area contributed by atoms with E-state index in [1.54, 1.807) is 4.52 Å². The quantitative estimate of drug-likeness (QED) is 0.808. The van der Waals surface area contributed by atoms with Crippen molar-refractivity contribution in [1.29, 1.82) is 0 Å². The van der Waals surface area contributed by atoms with E-state index in [2.05, 4.69) is 10.00 Å². The van der Waals surface area contributed by atoms with Gasteiger partial charge in [0.15, 0.2) is 5.65 Å². The second-order valence-corrected chi connectivity index (χ2v) is 9.24. The third-order valence-corrected chi connectivity index (χ3v) is 7.20. The predicted octanol–water partition coefficient (Wildman–Crippen LogP) is 2.07. The first kappa shape index (κ1) is 20.7. The molecule has 1 N–H and O–H groups in total. The van der Waals surface area contributed by atoms with Crippen molar-refractivity contribution in [2.24, 2.45) is 0 Å². The summed E-state index contributed by atoms with van der Waals surface area (Å²) in [5.74, 6) is 0.466. The first-order chi connectivity index (χ1) is 15.1. The van der Waals surface area contributed by atoms with Crippen molar-refractivity contribution >= 4 is 11.6 Å². The molecule has 0 unspecified atom stereocenters. The number of likely N-dealkylation sites (tertiary alicyclic amines) is 1. The van der Waals surface area contributed by atoms with Crippen LogP contribution in [0.3, 0.4) is 0 Å². The van der Waals surface area contributed by atoms with Crippen LogP contribution in [0.4, 0.5) is 0 Å². The van der Waals surface area contributed by atoms with Gasteiger partial charge in [-0.2, -0.15) is 0 Å². The summed E-state index contributed by atoms with van der Waals surface area (Å²) in [5, 5.41) is 3.33. The molecule has 5 heterocycles. The Balaban J connectivity index is 1.39. The molecule has 0 radical (unpaired) electrons. The molecule has 8 heteroatoms. The SMILES string of the molecule is CCCC(=O)N1CCC[C@@H](c2cc3nc4c(c(=O)n3[nH]2)CN(C2CCOCC2)CC4)C1. The van der Waals surface area contributed by atoms with Gasteiger partial charge in [-0.05, 0) is 32.1 Å². The molecule has 1 atom stereocenters. The summed E-state index contributed by atoms with van der Waals surface area (Å²) in [4.78, 5) is 35.0. The van der Waals surface area contributed by atoms with E-state index in [0.29, 0.717) is 24.7 Å². The summed E-state index contributed by atoms with van der Waals surface area (Å²) < 4.78 is 7.12. The Bertz CT molecular complexity index is 1010. The molecular formula is C23H33N5O3. The van der Waals surface area contributed by atoms with E-state index < -0.39 is 0 Å². The van der Waals surface area contributed by atoms with E-state index in [0.717, 1.165) is 88.3 Å². The maximum Gasteiger partial charge on any atom is 0.277 e. The summed E-state index contributed by atoms with van der Waals surface area (Å²) in [7, 11) is 0. The molecule has 168 valence electrons. The van der Waals surface area contributed by atoms with Crippen molar-refractivity contribution in [2.45, 2.75) is 70.4 Å². The van der Waals surface area contributed by atoms with Gasteiger partial charge in [-0.1, -0.05) is 6.92 Å². The number of nitrogens with zero attached hydrogens (tertiary/aromatic N) is 4. The summed E-state index contributed by atoms with van der Waals surface area (Å²) in [6, 6.07) is 2.51. The lowest BCUT2D eigenvalue weighted by atomic mass is 9.94. The van der Waals surface area contributed by atoms with Crippen molar-refractivity contribution in [3.8, 4) is 0 Å². The van der Waals surface area contributed by atoms with E-state index in [9.17, 15) is 9.59 Å². The van der Waals surface area contributed by atoms with E-state index >= 15 is 0 Å². The van der Waals surface area contributed by atoms with Crippen LogP contribution in [0.5, 0.6) is 0 Å². The minimum atomic E-state index is 0.0257. The van der Waals surface area contributed by atoms with Crippen LogP contribution in [0.1, 0.15) is 68.3 Å². The number of nitrogens with one attached hydrogen (secondary N) is 1. The smallest absolute Gasteiger partial charge is 0.277 e.